The molecule has 1 unspecified atom stereocenters. The number of hydrogen-bond donors (Lipinski definition) is 0. The number of nitro benzene ring substituents is 1. The molecule has 1 atom stereocenters. The lowest BCUT2D eigenvalue weighted by Gasteiger charge is -2.44. The number of non-ortho nitro benzene ring substituents is 1. The van der Waals surface area contributed by atoms with Gasteiger partial charge in [-0.25, -0.2) is 0 Å². The molecule has 5 heteroatoms. The summed E-state index contributed by atoms with van der Waals surface area (Å²) in [4.78, 5) is 10.6. The Morgan fingerprint density at radius 3 is 1.62 bits per heavy atom. The van der Waals surface area contributed by atoms with E-state index in [0.717, 1.165) is 30.4 Å². The molecule has 6 aromatic rings. The Kier molecular flexibility index (Phi) is 9.83. The second-order valence-corrected chi connectivity index (χ2v) is 12.2. The molecule has 0 radical (unpaired) electrons. The molecule has 0 saturated heterocycles. The minimum atomic E-state index is -1.45. The van der Waals surface area contributed by atoms with Gasteiger partial charge in [0.1, 0.15) is 6.15 Å². The summed E-state index contributed by atoms with van der Waals surface area (Å²) < 4.78 is 2.33. The van der Waals surface area contributed by atoms with E-state index in [9.17, 15) is 10.1 Å². The first-order valence-electron chi connectivity index (χ1n) is 16.5. The summed E-state index contributed by atoms with van der Waals surface area (Å²) in [6.45, 7) is 2.25. The number of unbranched alkanes of at least 4 members (excludes halogenated alkanes) is 1. The molecule has 4 nitrogen and oxygen atoms in total. The van der Waals surface area contributed by atoms with Gasteiger partial charge in [-0.2, -0.15) is 26.4 Å². The van der Waals surface area contributed by atoms with Crippen LogP contribution >= 0.6 is 0 Å². The number of hydrogen-bond acceptors (Lipinski definition) is 2. The van der Waals surface area contributed by atoms with Crippen LogP contribution in [-0.2, 0) is 0 Å². The first-order chi connectivity index (χ1) is 23.1. The molecule has 6 rings (SSSR count). The first-order valence-corrected chi connectivity index (χ1v) is 16.5. The van der Waals surface area contributed by atoms with E-state index >= 15 is 0 Å². The predicted octanol–water partition coefficient (Wildman–Crippen LogP) is 7.21. The van der Waals surface area contributed by atoms with Crippen molar-refractivity contribution in [2.75, 3.05) is 0 Å². The molecular formula is C42H39BN2O2. The predicted molar refractivity (Wildman–Crippen MR) is 196 cm³/mol. The van der Waals surface area contributed by atoms with Gasteiger partial charge in [-0.3, -0.25) is 10.1 Å². The SMILES string of the molecule is CCCCC(c1cccc([B-](c2ccccc2)(c2ccccc2)c2ccccc2)c1)[n+]1ccc(/C=C/c2ccc([N+](=O)[O-])cc2)cc1. The summed E-state index contributed by atoms with van der Waals surface area (Å²) in [5.74, 6) is 0. The molecule has 1 aromatic heterocycles. The maximum atomic E-state index is 11.0. The van der Waals surface area contributed by atoms with Crippen molar-refractivity contribution in [3.63, 3.8) is 0 Å². The fourth-order valence-corrected chi connectivity index (χ4v) is 6.97. The molecule has 0 fully saturated rings. The third-order valence-electron chi connectivity index (χ3n) is 9.34. The zero-order valence-electron chi connectivity index (χ0n) is 26.7. The Bertz CT molecular complexity index is 1830. The highest BCUT2D eigenvalue weighted by Crippen LogP contribution is 2.21. The van der Waals surface area contributed by atoms with Gasteiger partial charge in [0.2, 0.25) is 0 Å². The molecule has 232 valence electrons. The van der Waals surface area contributed by atoms with Gasteiger partial charge in [-0.15, -0.1) is 0 Å². The van der Waals surface area contributed by atoms with E-state index in [4.69, 9.17) is 0 Å². The molecule has 0 aliphatic rings. The Morgan fingerprint density at radius 1 is 0.638 bits per heavy atom. The van der Waals surface area contributed by atoms with Gasteiger partial charge >= 0.3 is 0 Å². The lowest BCUT2D eigenvalue weighted by molar-refractivity contribution is -0.714. The maximum absolute atomic E-state index is 11.0. The molecule has 0 aliphatic heterocycles. The average Bonchev–Trinajstić information content (AvgIpc) is 3.13. The number of pyridine rings is 1. The van der Waals surface area contributed by atoms with Crippen molar-refractivity contribution in [3.8, 4) is 0 Å². The molecule has 0 bridgehead atoms. The van der Waals surface area contributed by atoms with Crippen LogP contribution in [0.2, 0.25) is 0 Å². The van der Waals surface area contributed by atoms with Crippen LogP contribution in [-0.4, -0.2) is 11.1 Å². The van der Waals surface area contributed by atoms with Crippen LogP contribution < -0.4 is 26.4 Å². The monoisotopic (exact) mass is 614 g/mol. The van der Waals surface area contributed by atoms with Crippen molar-refractivity contribution in [2.24, 2.45) is 0 Å². The molecule has 0 aliphatic carbocycles. The van der Waals surface area contributed by atoms with Crippen LogP contribution in [0.15, 0.2) is 164 Å². The van der Waals surface area contributed by atoms with E-state index in [1.54, 1.807) is 12.1 Å². The van der Waals surface area contributed by atoms with Crippen molar-refractivity contribution in [1.29, 1.82) is 0 Å². The summed E-state index contributed by atoms with van der Waals surface area (Å²) in [5.41, 5.74) is 8.57. The van der Waals surface area contributed by atoms with Crippen LogP contribution in [0.3, 0.4) is 0 Å². The lowest BCUT2D eigenvalue weighted by atomic mass is 9.13. The quantitative estimate of drug-likeness (QED) is 0.0633. The van der Waals surface area contributed by atoms with E-state index < -0.39 is 6.15 Å². The summed E-state index contributed by atoms with van der Waals surface area (Å²) in [6, 6.07) is 53.2. The topological polar surface area (TPSA) is 47.0 Å². The molecule has 5 aromatic carbocycles. The summed E-state index contributed by atoms with van der Waals surface area (Å²) in [5, 5.41) is 11.0. The number of aromatic nitrogens is 1. The van der Waals surface area contributed by atoms with Crippen molar-refractivity contribution in [1.82, 2.24) is 0 Å². The standard InChI is InChI=1S/C42H39BN2O2/c1-2-3-22-42(44-31-29-35(30-32-44)24-23-34-25-27-41(28-26-34)45(46)47)36-14-13-21-40(33-36)43(37-15-7-4-8-16-37,38-17-9-5-10-18-38)39-19-11-6-12-20-39/h4-21,23-33,42H,2-3,22H2,1H3/b24-23+. The van der Waals surface area contributed by atoms with Crippen LogP contribution in [0.5, 0.6) is 0 Å². The highest BCUT2D eigenvalue weighted by molar-refractivity contribution is 7.19. The maximum Gasteiger partial charge on any atom is 0.269 e. The average molecular weight is 615 g/mol. The Morgan fingerprint density at radius 2 is 1.13 bits per heavy atom. The Labute approximate surface area is 277 Å². The summed E-state index contributed by atoms with van der Waals surface area (Å²) >= 11 is 0. The van der Waals surface area contributed by atoms with Gasteiger partial charge in [-0.1, -0.05) is 141 Å². The van der Waals surface area contributed by atoms with Gasteiger partial charge < -0.3 is 0 Å². The van der Waals surface area contributed by atoms with E-state index in [1.165, 1.54) is 39.5 Å². The first kappa shape index (κ1) is 31.4. The van der Waals surface area contributed by atoms with Crippen molar-refractivity contribution in [2.45, 2.75) is 32.2 Å². The summed E-state index contributed by atoms with van der Waals surface area (Å²) in [6.07, 6.45) is 10.2. The van der Waals surface area contributed by atoms with E-state index in [-0.39, 0.29) is 16.7 Å². The second kappa shape index (κ2) is 14.7. The summed E-state index contributed by atoms with van der Waals surface area (Å²) in [7, 11) is 0. The molecule has 0 N–H and O–H groups in total. The van der Waals surface area contributed by atoms with Crippen LogP contribution in [0.4, 0.5) is 5.69 Å². The van der Waals surface area contributed by atoms with E-state index in [1.807, 2.05) is 12.2 Å². The van der Waals surface area contributed by atoms with Crippen LogP contribution in [0, 0.1) is 10.1 Å². The minimum absolute atomic E-state index is 0.0971. The zero-order chi connectivity index (χ0) is 32.5. The number of rotatable bonds is 12. The lowest BCUT2D eigenvalue weighted by Crippen LogP contribution is -2.74. The van der Waals surface area contributed by atoms with Crippen LogP contribution in [0.25, 0.3) is 12.2 Å². The number of nitrogens with zero attached hydrogens (tertiary/aromatic N) is 2. The highest BCUT2D eigenvalue weighted by atomic mass is 16.6. The van der Waals surface area contributed by atoms with Gasteiger partial charge in [0.25, 0.3) is 5.69 Å². The smallest absolute Gasteiger partial charge is 0.258 e. The largest absolute Gasteiger partial charge is 0.269 e. The van der Waals surface area contributed by atoms with Crippen molar-refractivity contribution < 1.29 is 9.49 Å². The van der Waals surface area contributed by atoms with Gasteiger partial charge in [0, 0.05) is 36.2 Å². The molecule has 0 saturated carbocycles. The zero-order valence-corrected chi connectivity index (χ0v) is 26.7. The third kappa shape index (κ3) is 6.85. The normalized spacial score (nSPS) is 12.2. The van der Waals surface area contributed by atoms with Gasteiger partial charge in [0.05, 0.1) is 4.92 Å². The number of nitro groups is 1. The molecule has 0 spiro atoms. The minimum Gasteiger partial charge on any atom is -0.258 e. The fourth-order valence-electron chi connectivity index (χ4n) is 6.97. The molecular weight excluding hydrogens is 575 g/mol. The molecule has 1 heterocycles. The van der Waals surface area contributed by atoms with Gasteiger partial charge in [-0.05, 0) is 29.7 Å². The van der Waals surface area contributed by atoms with Crippen molar-refractivity contribution in [3.05, 3.63) is 191 Å². The third-order valence-corrected chi connectivity index (χ3v) is 9.34. The molecule has 0 amide bonds. The fraction of sp³-hybridized carbons (Fsp3) is 0.119. The number of benzene rings is 5. The van der Waals surface area contributed by atoms with Gasteiger partial charge in [0.15, 0.2) is 18.4 Å². The second-order valence-electron chi connectivity index (χ2n) is 12.2. The Hall–Kier alpha value is -5.55. The highest BCUT2D eigenvalue weighted by Gasteiger charge is 2.32. The van der Waals surface area contributed by atoms with Crippen LogP contribution in [0.1, 0.15) is 48.9 Å². The molecule has 47 heavy (non-hydrogen) atoms. The Balaban J connectivity index is 1.40. The van der Waals surface area contributed by atoms with Crippen molar-refractivity contribution >= 4 is 45.8 Å². The van der Waals surface area contributed by atoms with E-state index in [2.05, 4.69) is 151 Å². The van der Waals surface area contributed by atoms with E-state index in [0.29, 0.717) is 0 Å².